The minimum atomic E-state index is -4.10. The van der Waals surface area contributed by atoms with Gasteiger partial charge >= 0.3 is 5.97 Å². The number of nitrogens with zero attached hydrogens (tertiary/aromatic N) is 4. The van der Waals surface area contributed by atoms with Gasteiger partial charge in [0.2, 0.25) is 0 Å². The Morgan fingerprint density at radius 1 is 0.689 bits per heavy atom. The van der Waals surface area contributed by atoms with Gasteiger partial charge in [0.15, 0.2) is 0 Å². The summed E-state index contributed by atoms with van der Waals surface area (Å²) >= 11 is 0. The summed E-state index contributed by atoms with van der Waals surface area (Å²) in [4.78, 5) is 19.2. The first-order valence-corrected chi connectivity index (χ1v) is 15.6. The topological polar surface area (TPSA) is 200 Å². The van der Waals surface area contributed by atoms with Gasteiger partial charge in [-0.1, -0.05) is 24.3 Å². The molecule has 0 saturated heterocycles. The van der Waals surface area contributed by atoms with E-state index in [1.165, 1.54) is 73.1 Å². The van der Waals surface area contributed by atoms with Crippen molar-refractivity contribution >= 4 is 61.4 Å². The maximum atomic E-state index is 13.2. The van der Waals surface area contributed by atoms with Crippen LogP contribution >= 0.6 is 12.4 Å². The summed E-state index contributed by atoms with van der Waals surface area (Å²) < 4.78 is 57.0. The maximum absolute atomic E-state index is 13.2. The van der Waals surface area contributed by atoms with Crippen LogP contribution in [0.2, 0.25) is 0 Å². The molecule has 0 amide bonds. The van der Waals surface area contributed by atoms with Crippen LogP contribution in [0.25, 0.3) is 11.1 Å². The van der Waals surface area contributed by atoms with E-state index in [9.17, 15) is 31.8 Å². The summed E-state index contributed by atoms with van der Waals surface area (Å²) in [5.41, 5.74) is 0.606. The van der Waals surface area contributed by atoms with Crippen molar-refractivity contribution in [2.45, 2.75) is 9.79 Å². The van der Waals surface area contributed by atoms with E-state index in [1.54, 1.807) is 24.3 Å². The number of nitrogens with one attached hydrogen (secondary N) is 2. The maximum Gasteiger partial charge on any atom is 0.339 e. The highest BCUT2D eigenvalue weighted by Gasteiger charge is 2.20. The quantitative estimate of drug-likeness (QED) is 0.129. The van der Waals surface area contributed by atoms with Crippen LogP contribution in [-0.4, -0.2) is 43.0 Å². The fourth-order valence-electron chi connectivity index (χ4n) is 3.92. The fraction of sp³-hybridized carbons (Fsp3) is 0. The molecule has 16 heteroatoms. The number of anilines is 2. The molecule has 0 radical (unpaired) electrons. The molecule has 13 nitrogen and oxygen atoms in total. The predicted molar refractivity (Wildman–Crippen MR) is 168 cm³/mol. The van der Waals surface area contributed by atoms with Crippen molar-refractivity contribution in [2.24, 2.45) is 10.2 Å². The number of sulfonamides is 2. The Balaban J connectivity index is 0.00000461. The minimum absolute atomic E-state index is 0. The lowest BCUT2D eigenvalue weighted by molar-refractivity contribution is 0.0693. The summed E-state index contributed by atoms with van der Waals surface area (Å²) in [5.74, 6) is -1.56. The van der Waals surface area contributed by atoms with Crippen molar-refractivity contribution in [1.29, 1.82) is 0 Å². The molecular formula is C29H23ClN6O7S2. The molecule has 5 rings (SSSR count). The number of pyridine rings is 2. The van der Waals surface area contributed by atoms with Crippen molar-refractivity contribution in [1.82, 2.24) is 9.97 Å². The summed E-state index contributed by atoms with van der Waals surface area (Å²) in [7, 11) is -8.09. The van der Waals surface area contributed by atoms with Gasteiger partial charge in [-0.15, -0.1) is 17.5 Å². The number of aromatic hydroxyl groups is 1. The van der Waals surface area contributed by atoms with Crippen molar-refractivity contribution < 1.29 is 31.8 Å². The molecule has 4 N–H and O–H groups in total. The third kappa shape index (κ3) is 7.77. The number of phenols is 1. The van der Waals surface area contributed by atoms with Crippen molar-refractivity contribution in [3.8, 4) is 16.9 Å². The molecule has 0 spiro atoms. The Morgan fingerprint density at radius 2 is 1.27 bits per heavy atom. The fourth-order valence-corrected chi connectivity index (χ4v) is 5.97. The highest BCUT2D eigenvalue weighted by atomic mass is 35.5. The van der Waals surface area contributed by atoms with Gasteiger partial charge < -0.3 is 10.2 Å². The molecule has 3 aromatic carbocycles. The number of carboxylic acids is 1. The lowest BCUT2D eigenvalue weighted by Gasteiger charge is -2.12. The second kappa shape index (κ2) is 13.5. The zero-order chi connectivity index (χ0) is 31.3. The average Bonchev–Trinajstić information content (AvgIpc) is 3.01. The second-order valence-electron chi connectivity index (χ2n) is 9.05. The molecule has 0 atom stereocenters. The first-order chi connectivity index (χ1) is 21.0. The lowest BCUT2D eigenvalue weighted by atomic mass is 10.0. The molecular weight excluding hydrogens is 644 g/mol. The van der Waals surface area contributed by atoms with E-state index in [1.807, 2.05) is 0 Å². The molecule has 0 aliphatic rings. The molecule has 0 bridgehead atoms. The molecule has 0 fully saturated rings. The van der Waals surface area contributed by atoms with Crippen LogP contribution in [-0.2, 0) is 20.0 Å². The molecule has 0 aliphatic carbocycles. The smallest absolute Gasteiger partial charge is 0.339 e. The highest BCUT2D eigenvalue weighted by molar-refractivity contribution is 7.93. The molecule has 0 unspecified atom stereocenters. The van der Waals surface area contributed by atoms with Gasteiger partial charge in [-0.05, 0) is 78.4 Å². The average molecular weight is 667 g/mol. The number of carboxylic acid groups (broad SMARTS) is 1. The second-order valence-corrected chi connectivity index (χ2v) is 12.4. The molecule has 5 aromatic rings. The SMILES string of the molecule is Cl.O=C(O)c1cc(N=Nc2ccc(S(=O)(=O)Nc3ccccn3)cc2-c2ccc(S(=O)(=O)Nc3ccccn3)cc2)ccc1O. The van der Waals surface area contributed by atoms with Crippen LogP contribution in [0.4, 0.5) is 23.0 Å². The first-order valence-electron chi connectivity index (χ1n) is 12.6. The van der Waals surface area contributed by atoms with E-state index in [0.717, 1.165) is 12.1 Å². The number of hydrogen-bond donors (Lipinski definition) is 4. The molecule has 2 heterocycles. The van der Waals surface area contributed by atoms with E-state index in [-0.39, 0.29) is 56.3 Å². The van der Waals surface area contributed by atoms with Crippen LogP contribution in [0, 0.1) is 0 Å². The number of halogens is 1. The number of hydrogen-bond acceptors (Lipinski definition) is 10. The van der Waals surface area contributed by atoms with E-state index in [4.69, 9.17) is 0 Å². The van der Waals surface area contributed by atoms with E-state index in [2.05, 4.69) is 29.6 Å². The third-order valence-corrected chi connectivity index (χ3v) is 8.77. The van der Waals surface area contributed by atoms with E-state index < -0.39 is 31.8 Å². The zero-order valence-electron chi connectivity index (χ0n) is 22.8. The van der Waals surface area contributed by atoms with Crippen LogP contribution in [0.3, 0.4) is 0 Å². The summed E-state index contributed by atoms with van der Waals surface area (Å²) in [5, 5.41) is 27.4. The Hall–Kier alpha value is -5.38. The van der Waals surface area contributed by atoms with Gasteiger partial charge in [-0.3, -0.25) is 9.44 Å². The summed E-state index contributed by atoms with van der Waals surface area (Å²) in [6, 6.07) is 22.9. The number of aromatic carboxylic acids is 1. The normalized spacial score (nSPS) is 11.5. The van der Waals surface area contributed by atoms with E-state index >= 15 is 0 Å². The first kappa shape index (κ1) is 32.5. The predicted octanol–water partition coefficient (Wildman–Crippen LogP) is 5.99. The minimum Gasteiger partial charge on any atom is -0.507 e. The number of azo groups is 1. The molecule has 230 valence electrons. The van der Waals surface area contributed by atoms with Crippen molar-refractivity contribution in [3.05, 3.63) is 115 Å². The number of carbonyl (C=O) groups is 1. The van der Waals surface area contributed by atoms with Crippen molar-refractivity contribution in [2.75, 3.05) is 9.44 Å². The zero-order valence-corrected chi connectivity index (χ0v) is 25.3. The molecule has 2 aromatic heterocycles. The molecule has 0 saturated carbocycles. The number of aromatic nitrogens is 2. The number of benzene rings is 3. The van der Waals surface area contributed by atoms with E-state index in [0.29, 0.717) is 5.56 Å². The van der Waals surface area contributed by atoms with Gasteiger partial charge in [0, 0.05) is 18.0 Å². The van der Waals surface area contributed by atoms with Gasteiger partial charge in [0.25, 0.3) is 20.0 Å². The summed E-state index contributed by atoms with van der Waals surface area (Å²) in [6.45, 7) is 0. The van der Waals surface area contributed by atoms with Crippen LogP contribution < -0.4 is 9.44 Å². The summed E-state index contributed by atoms with van der Waals surface area (Å²) in [6.07, 6.45) is 2.88. The highest BCUT2D eigenvalue weighted by Crippen LogP contribution is 2.35. The Morgan fingerprint density at radius 3 is 1.82 bits per heavy atom. The van der Waals surface area contributed by atoms with Crippen LogP contribution in [0.15, 0.2) is 129 Å². The van der Waals surface area contributed by atoms with Crippen LogP contribution in [0.1, 0.15) is 10.4 Å². The largest absolute Gasteiger partial charge is 0.507 e. The van der Waals surface area contributed by atoms with Gasteiger partial charge in [0.1, 0.15) is 22.9 Å². The van der Waals surface area contributed by atoms with Gasteiger partial charge in [0.05, 0.1) is 21.2 Å². The Kier molecular flexibility index (Phi) is 9.76. The third-order valence-electron chi connectivity index (χ3n) is 6.05. The molecule has 0 aliphatic heterocycles. The van der Waals surface area contributed by atoms with Crippen molar-refractivity contribution in [3.63, 3.8) is 0 Å². The van der Waals surface area contributed by atoms with Gasteiger partial charge in [-0.25, -0.2) is 31.6 Å². The monoisotopic (exact) mass is 666 g/mol. The van der Waals surface area contributed by atoms with Gasteiger partial charge in [-0.2, -0.15) is 5.11 Å². The Labute approximate surface area is 263 Å². The number of rotatable bonds is 10. The van der Waals surface area contributed by atoms with Crippen LogP contribution in [0.5, 0.6) is 5.75 Å². The standard InChI is InChI=1S/C29H22N6O7S2.ClH/c36-26-14-9-20(17-24(26)29(37)38)32-33-25-13-12-22(44(41,42)35-28-6-2-4-16-31-28)18-23(25)19-7-10-21(11-8-19)43(39,40)34-27-5-1-3-15-30-27;/h1-18,36H,(H,30,34)(H,31,35)(H,37,38);1H. The Bertz CT molecular complexity index is 2080. The lowest BCUT2D eigenvalue weighted by Crippen LogP contribution is -2.14. The molecule has 45 heavy (non-hydrogen) atoms.